The zero-order valence-corrected chi connectivity index (χ0v) is 20.3. The number of carbonyl (C=O) groups excluding carboxylic acids is 2. The van der Waals surface area contributed by atoms with Crippen molar-refractivity contribution in [2.24, 2.45) is 0 Å². The number of rotatable bonds is 5. The van der Waals surface area contributed by atoms with Crippen molar-refractivity contribution in [2.75, 3.05) is 17.5 Å². The minimum atomic E-state index is -5.27. The molecular weight excluding hydrogens is 489 g/mol. The van der Waals surface area contributed by atoms with Gasteiger partial charge in [-0.15, -0.1) is 5.06 Å². The quantitative estimate of drug-likeness (QED) is 0.435. The topological polar surface area (TPSA) is 92.8 Å². The Hall–Kier alpha value is -4.02. The van der Waals surface area contributed by atoms with Crippen LogP contribution in [-0.4, -0.2) is 42.4 Å². The SMILES string of the molecule is COc1cccc(N(OC(=O)C(F)(F)F)C(=O)NC2CCC(Nc3cc(C)c4ccccc4n3)CC2)c1. The molecule has 4 rings (SSSR count). The third kappa shape index (κ3) is 6.41. The van der Waals surface area contributed by atoms with E-state index in [-0.39, 0.29) is 23.5 Å². The maximum atomic E-state index is 12.9. The number of alkyl halides is 3. The van der Waals surface area contributed by atoms with Crippen LogP contribution in [0.25, 0.3) is 10.9 Å². The number of fused-ring (bicyclic) bond motifs is 1. The standard InChI is InChI=1S/C26H27F3N4O4/c1-16-14-23(32-22-9-4-3-8-21(16)22)30-17-10-12-18(13-11-17)31-25(35)33(37-24(34)26(27,28)29)19-6-5-7-20(15-19)36-2/h3-9,14-15,17-18H,10-13H2,1-2H3,(H,30,32)(H,31,35). The number of aryl methyl sites for hydroxylation is 1. The Kier molecular flexibility index (Phi) is 7.70. The Bertz CT molecular complexity index is 1280. The first kappa shape index (κ1) is 26.1. The summed E-state index contributed by atoms with van der Waals surface area (Å²) in [5, 5.41) is 7.54. The molecule has 1 aromatic heterocycles. The van der Waals surface area contributed by atoms with E-state index >= 15 is 0 Å². The number of hydroxylamine groups is 1. The van der Waals surface area contributed by atoms with E-state index in [1.54, 1.807) is 6.07 Å². The van der Waals surface area contributed by atoms with Gasteiger partial charge in [0, 0.05) is 23.5 Å². The molecule has 0 spiro atoms. The third-order valence-electron chi connectivity index (χ3n) is 6.21. The zero-order valence-electron chi connectivity index (χ0n) is 20.3. The third-order valence-corrected chi connectivity index (χ3v) is 6.21. The van der Waals surface area contributed by atoms with Crippen LogP contribution in [0.2, 0.25) is 0 Å². The molecule has 0 unspecified atom stereocenters. The fourth-order valence-electron chi connectivity index (χ4n) is 4.33. The Labute approximate surface area is 211 Å². The van der Waals surface area contributed by atoms with Crippen LogP contribution in [0.4, 0.5) is 29.5 Å². The summed E-state index contributed by atoms with van der Waals surface area (Å²) in [7, 11) is 1.37. The molecule has 1 aliphatic rings. The number of ether oxygens (including phenoxy) is 1. The molecule has 0 radical (unpaired) electrons. The number of halogens is 3. The van der Waals surface area contributed by atoms with E-state index < -0.39 is 18.2 Å². The molecule has 2 amide bonds. The highest BCUT2D eigenvalue weighted by molar-refractivity contribution is 5.93. The second-order valence-electron chi connectivity index (χ2n) is 8.86. The van der Waals surface area contributed by atoms with Crippen molar-refractivity contribution in [1.29, 1.82) is 0 Å². The van der Waals surface area contributed by atoms with Gasteiger partial charge in [-0.25, -0.2) is 14.6 Å². The molecule has 3 aromatic rings. The van der Waals surface area contributed by atoms with Gasteiger partial charge in [0.05, 0.1) is 18.3 Å². The fourth-order valence-corrected chi connectivity index (χ4v) is 4.33. The number of aromatic nitrogens is 1. The van der Waals surface area contributed by atoms with E-state index in [1.807, 2.05) is 37.3 Å². The molecule has 0 atom stereocenters. The van der Waals surface area contributed by atoms with Gasteiger partial charge in [0.1, 0.15) is 11.6 Å². The number of para-hydroxylation sites is 1. The normalized spacial score (nSPS) is 17.6. The molecule has 8 nitrogen and oxygen atoms in total. The summed E-state index contributed by atoms with van der Waals surface area (Å²) in [5.74, 6) is -1.45. The van der Waals surface area contributed by atoms with Crippen LogP contribution < -0.4 is 20.4 Å². The van der Waals surface area contributed by atoms with Gasteiger partial charge in [-0.1, -0.05) is 24.3 Å². The van der Waals surface area contributed by atoms with E-state index in [2.05, 4.69) is 20.5 Å². The predicted octanol–water partition coefficient (Wildman–Crippen LogP) is 5.51. The van der Waals surface area contributed by atoms with E-state index in [1.165, 1.54) is 25.3 Å². The molecule has 2 N–H and O–H groups in total. The number of amides is 2. The number of methoxy groups -OCH3 is 1. The van der Waals surface area contributed by atoms with Crippen LogP contribution in [0.1, 0.15) is 31.2 Å². The Morgan fingerprint density at radius 3 is 2.41 bits per heavy atom. The van der Waals surface area contributed by atoms with Crippen LogP contribution in [-0.2, 0) is 9.63 Å². The average molecular weight is 517 g/mol. The molecule has 1 heterocycles. The number of hydrogen-bond donors (Lipinski definition) is 2. The second-order valence-corrected chi connectivity index (χ2v) is 8.86. The summed E-state index contributed by atoms with van der Waals surface area (Å²) in [6.45, 7) is 2.03. The van der Waals surface area contributed by atoms with Gasteiger partial charge < -0.3 is 20.2 Å². The molecule has 11 heteroatoms. The van der Waals surface area contributed by atoms with Crippen molar-refractivity contribution < 1.29 is 32.3 Å². The molecule has 37 heavy (non-hydrogen) atoms. The van der Waals surface area contributed by atoms with Crippen molar-refractivity contribution in [3.05, 3.63) is 60.2 Å². The number of anilines is 2. The van der Waals surface area contributed by atoms with Gasteiger partial charge >= 0.3 is 18.2 Å². The Morgan fingerprint density at radius 2 is 1.70 bits per heavy atom. The van der Waals surface area contributed by atoms with Crippen molar-refractivity contribution in [1.82, 2.24) is 10.3 Å². The van der Waals surface area contributed by atoms with Crippen LogP contribution >= 0.6 is 0 Å². The average Bonchev–Trinajstić information content (AvgIpc) is 2.87. The molecule has 1 saturated carbocycles. The van der Waals surface area contributed by atoms with Crippen LogP contribution in [0.5, 0.6) is 5.75 Å². The molecule has 0 bridgehead atoms. The van der Waals surface area contributed by atoms with Crippen molar-refractivity contribution >= 4 is 34.4 Å². The van der Waals surface area contributed by atoms with Gasteiger partial charge in [0.2, 0.25) is 0 Å². The Balaban J connectivity index is 1.39. The van der Waals surface area contributed by atoms with Gasteiger partial charge in [-0.05, 0) is 62.4 Å². The number of hydrogen-bond acceptors (Lipinski definition) is 6. The van der Waals surface area contributed by atoms with E-state index in [9.17, 15) is 22.8 Å². The zero-order chi connectivity index (χ0) is 26.6. The number of carbonyl (C=O) groups is 2. The summed E-state index contributed by atoms with van der Waals surface area (Å²) in [6.07, 6.45) is -2.69. The summed E-state index contributed by atoms with van der Waals surface area (Å²) in [6, 6.07) is 14.4. The van der Waals surface area contributed by atoms with Crippen LogP contribution in [0, 0.1) is 6.92 Å². The number of benzene rings is 2. The minimum Gasteiger partial charge on any atom is -0.497 e. The van der Waals surface area contributed by atoms with Crippen molar-refractivity contribution in [3.63, 3.8) is 0 Å². The number of nitrogens with zero attached hydrogens (tertiary/aromatic N) is 2. The highest BCUT2D eigenvalue weighted by Crippen LogP contribution is 2.27. The molecule has 1 fully saturated rings. The predicted molar refractivity (Wildman–Crippen MR) is 132 cm³/mol. The smallest absolute Gasteiger partial charge is 0.493 e. The number of nitrogens with one attached hydrogen (secondary N) is 2. The molecule has 0 aliphatic heterocycles. The second kappa shape index (κ2) is 10.9. The van der Waals surface area contributed by atoms with Crippen molar-refractivity contribution in [2.45, 2.75) is 50.9 Å². The molecule has 0 saturated heterocycles. The van der Waals surface area contributed by atoms with Gasteiger partial charge in [0.15, 0.2) is 0 Å². The first-order valence-electron chi connectivity index (χ1n) is 11.8. The highest BCUT2D eigenvalue weighted by Gasteiger charge is 2.44. The lowest BCUT2D eigenvalue weighted by atomic mass is 9.91. The summed E-state index contributed by atoms with van der Waals surface area (Å²) >= 11 is 0. The maximum Gasteiger partial charge on any atom is 0.493 e. The van der Waals surface area contributed by atoms with Crippen LogP contribution in [0.3, 0.4) is 0 Å². The minimum absolute atomic E-state index is 0.0810. The van der Waals surface area contributed by atoms with E-state index in [0.717, 1.165) is 22.3 Å². The van der Waals surface area contributed by atoms with Gasteiger partial charge in [-0.3, -0.25) is 0 Å². The lowest BCUT2D eigenvalue weighted by Gasteiger charge is -2.31. The molecular formula is C26H27F3N4O4. The molecule has 196 valence electrons. The van der Waals surface area contributed by atoms with Gasteiger partial charge in [0.25, 0.3) is 0 Å². The maximum absolute atomic E-state index is 12.9. The largest absolute Gasteiger partial charge is 0.497 e. The highest BCUT2D eigenvalue weighted by atomic mass is 19.4. The monoisotopic (exact) mass is 516 g/mol. The summed E-state index contributed by atoms with van der Waals surface area (Å²) in [5.41, 5.74) is 1.93. The molecule has 1 aliphatic carbocycles. The number of pyridine rings is 1. The lowest BCUT2D eigenvalue weighted by molar-refractivity contribution is -0.199. The van der Waals surface area contributed by atoms with E-state index in [0.29, 0.717) is 30.7 Å². The lowest BCUT2D eigenvalue weighted by Crippen LogP contribution is -2.49. The summed E-state index contributed by atoms with van der Waals surface area (Å²) < 4.78 is 43.6. The summed E-state index contributed by atoms with van der Waals surface area (Å²) in [4.78, 5) is 33.5. The Morgan fingerprint density at radius 1 is 1.00 bits per heavy atom. The van der Waals surface area contributed by atoms with E-state index in [4.69, 9.17) is 4.74 Å². The fraction of sp³-hybridized carbons (Fsp3) is 0.346. The first-order chi connectivity index (χ1) is 17.6. The first-order valence-corrected chi connectivity index (χ1v) is 11.8. The molecule has 2 aromatic carbocycles. The van der Waals surface area contributed by atoms with Crippen molar-refractivity contribution in [3.8, 4) is 5.75 Å². The van der Waals surface area contributed by atoms with Crippen LogP contribution in [0.15, 0.2) is 54.6 Å². The number of urea groups is 1. The van der Waals surface area contributed by atoms with Gasteiger partial charge in [-0.2, -0.15) is 13.2 Å².